The van der Waals surface area contributed by atoms with E-state index in [0.29, 0.717) is 0 Å². The van der Waals surface area contributed by atoms with Crippen LogP contribution in [0.3, 0.4) is 0 Å². The Morgan fingerprint density at radius 1 is 1.38 bits per heavy atom. The van der Waals surface area contributed by atoms with Crippen LogP contribution in [0.15, 0.2) is 24.4 Å². The summed E-state index contributed by atoms with van der Waals surface area (Å²) in [5.41, 5.74) is 3.10. The summed E-state index contributed by atoms with van der Waals surface area (Å²) in [4.78, 5) is 4.40. The molecule has 16 heavy (non-hydrogen) atoms. The van der Waals surface area contributed by atoms with Gasteiger partial charge >= 0.3 is 0 Å². The maximum atomic E-state index is 4.40. The van der Waals surface area contributed by atoms with E-state index in [4.69, 9.17) is 0 Å². The summed E-state index contributed by atoms with van der Waals surface area (Å²) in [6, 6.07) is 5.93. The molecule has 0 bridgehead atoms. The van der Waals surface area contributed by atoms with Gasteiger partial charge in [0.25, 0.3) is 0 Å². The monoisotopic (exact) mass is 216 g/mol. The fraction of sp³-hybridized carbons (Fsp3) is 0.333. The quantitative estimate of drug-likeness (QED) is 0.856. The Morgan fingerprint density at radius 3 is 2.88 bits per heavy atom. The van der Waals surface area contributed by atoms with Crippen molar-refractivity contribution in [2.45, 2.75) is 20.3 Å². The fourth-order valence-electron chi connectivity index (χ4n) is 1.65. The first-order valence-corrected chi connectivity index (χ1v) is 5.42. The lowest BCUT2D eigenvalue weighted by molar-refractivity contribution is 0.746. The number of hydrogen-bond acceptors (Lipinski definition) is 3. The van der Waals surface area contributed by atoms with E-state index in [9.17, 15) is 0 Å². The topological polar surface area (TPSA) is 42.7 Å². The zero-order valence-corrected chi connectivity index (χ0v) is 9.86. The van der Waals surface area contributed by atoms with E-state index >= 15 is 0 Å². The molecule has 0 radical (unpaired) electrons. The number of pyridine rings is 1. The Kier molecular flexibility index (Phi) is 2.90. The SMILES string of the molecule is CCc1nn(C)cc1Nc1cccc(C)n1. The van der Waals surface area contributed by atoms with Gasteiger partial charge in [-0.15, -0.1) is 0 Å². The summed E-state index contributed by atoms with van der Waals surface area (Å²) in [5.74, 6) is 0.864. The third kappa shape index (κ3) is 2.21. The normalized spacial score (nSPS) is 10.4. The van der Waals surface area contributed by atoms with Gasteiger partial charge in [-0.3, -0.25) is 4.68 Å². The zero-order valence-electron chi connectivity index (χ0n) is 9.86. The Morgan fingerprint density at radius 2 is 2.19 bits per heavy atom. The first kappa shape index (κ1) is 10.7. The van der Waals surface area contributed by atoms with Crippen LogP contribution >= 0.6 is 0 Å². The van der Waals surface area contributed by atoms with Crippen LogP contribution in [0.5, 0.6) is 0 Å². The van der Waals surface area contributed by atoms with Gasteiger partial charge < -0.3 is 5.32 Å². The minimum Gasteiger partial charge on any atom is -0.337 e. The zero-order chi connectivity index (χ0) is 11.5. The Hall–Kier alpha value is -1.84. The molecule has 84 valence electrons. The highest BCUT2D eigenvalue weighted by Crippen LogP contribution is 2.18. The van der Waals surface area contributed by atoms with E-state index in [1.165, 1.54) is 0 Å². The molecule has 0 fully saturated rings. The minimum absolute atomic E-state index is 0.864. The molecule has 0 unspecified atom stereocenters. The predicted molar refractivity (Wildman–Crippen MR) is 64.8 cm³/mol. The number of rotatable bonds is 3. The van der Waals surface area contributed by atoms with Crippen molar-refractivity contribution in [3.8, 4) is 0 Å². The second-order valence-electron chi connectivity index (χ2n) is 3.81. The summed E-state index contributed by atoms with van der Waals surface area (Å²) in [6.07, 6.45) is 2.89. The van der Waals surface area contributed by atoms with Gasteiger partial charge in [0.1, 0.15) is 5.82 Å². The lowest BCUT2D eigenvalue weighted by Gasteiger charge is -2.04. The second-order valence-corrected chi connectivity index (χ2v) is 3.81. The van der Waals surface area contributed by atoms with E-state index in [1.807, 2.05) is 43.0 Å². The highest BCUT2D eigenvalue weighted by molar-refractivity contribution is 5.57. The molecule has 0 spiro atoms. The molecule has 2 rings (SSSR count). The van der Waals surface area contributed by atoms with Gasteiger partial charge in [-0.05, 0) is 25.5 Å². The van der Waals surface area contributed by atoms with Crippen LogP contribution < -0.4 is 5.32 Å². The molecule has 0 aliphatic rings. The molecular weight excluding hydrogens is 200 g/mol. The average molecular weight is 216 g/mol. The van der Waals surface area contributed by atoms with E-state index < -0.39 is 0 Å². The molecule has 0 amide bonds. The number of hydrogen-bond donors (Lipinski definition) is 1. The van der Waals surface area contributed by atoms with Crippen LogP contribution in [-0.2, 0) is 13.5 Å². The van der Waals surface area contributed by atoms with Crippen molar-refractivity contribution in [1.29, 1.82) is 0 Å². The van der Waals surface area contributed by atoms with E-state index in [1.54, 1.807) is 0 Å². The van der Waals surface area contributed by atoms with Crippen LogP contribution in [0.4, 0.5) is 11.5 Å². The van der Waals surface area contributed by atoms with Crippen molar-refractivity contribution in [2.75, 3.05) is 5.32 Å². The Bertz CT molecular complexity index is 488. The second kappa shape index (κ2) is 4.35. The average Bonchev–Trinajstić information content (AvgIpc) is 2.59. The van der Waals surface area contributed by atoms with E-state index in [-0.39, 0.29) is 0 Å². The molecule has 0 aliphatic carbocycles. The summed E-state index contributed by atoms with van der Waals surface area (Å²) in [5, 5.41) is 7.66. The summed E-state index contributed by atoms with van der Waals surface area (Å²) >= 11 is 0. The third-order valence-electron chi connectivity index (χ3n) is 2.39. The Labute approximate surface area is 95.3 Å². The molecule has 0 saturated heterocycles. The van der Waals surface area contributed by atoms with E-state index in [2.05, 4.69) is 22.3 Å². The standard InChI is InChI=1S/C12H16N4/c1-4-10-11(8-16(3)15-10)14-12-7-5-6-9(2)13-12/h5-8H,4H2,1-3H3,(H,13,14). The lowest BCUT2D eigenvalue weighted by atomic mass is 10.3. The molecule has 1 N–H and O–H groups in total. The van der Waals surface area contributed by atoms with E-state index in [0.717, 1.165) is 29.3 Å². The van der Waals surface area contributed by atoms with Crippen molar-refractivity contribution < 1.29 is 0 Å². The van der Waals surface area contributed by atoms with Gasteiger partial charge in [-0.25, -0.2) is 4.98 Å². The summed E-state index contributed by atoms with van der Waals surface area (Å²) < 4.78 is 1.82. The molecule has 4 heteroatoms. The number of anilines is 2. The smallest absolute Gasteiger partial charge is 0.130 e. The van der Waals surface area contributed by atoms with Crippen molar-refractivity contribution >= 4 is 11.5 Å². The first-order valence-electron chi connectivity index (χ1n) is 5.42. The molecule has 0 aromatic carbocycles. The highest BCUT2D eigenvalue weighted by atomic mass is 15.3. The van der Waals surface area contributed by atoms with Gasteiger partial charge in [0.05, 0.1) is 11.4 Å². The predicted octanol–water partition coefficient (Wildman–Crippen LogP) is 2.43. The molecule has 0 saturated carbocycles. The van der Waals surface area contributed by atoms with Crippen LogP contribution in [0, 0.1) is 6.92 Å². The number of nitrogens with one attached hydrogen (secondary N) is 1. The Balaban J connectivity index is 2.26. The third-order valence-corrected chi connectivity index (χ3v) is 2.39. The minimum atomic E-state index is 0.864. The molecule has 2 aromatic rings. The van der Waals surface area contributed by atoms with Gasteiger partial charge in [-0.1, -0.05) is 13.0 Å². The summed E-state index contributed by atoms with van der Waals surface area (Å²) in [6.45, 7) is 4.08. The lowest BCUT2D eigenvalue weighted by Crippen LogP contribution is -1.96. The molecule has 0 aliphatic heterocycles. The largest absolute Gasteiger partial charge is 0.337 e. The number of nitrogens with zero attached hydrogens (tertiary/aromatic N) is 3. The fourth-order valence-corrected chi connectivity index (χ4v) is 1.65. The van der Waals surface area contributed by atoms with Crippen LogP contribution in [0.1, 0.15) is 18.3 Å². The molecular formula is C12H16N4. The highest BCUT2D eigenvalue weighted by Gasteiger charge is 2.06. The maximum absolute atomic E-state index is 4.40. The number of aryl methyl sites for hydroxylation is 3. The van der Waals surface area contributed by atoms with Gasteiger partial charge in [0, 0.05) is 18.9 Å². The van der Waals surface area contributed by atoms with Crippen molar-refractivity contribution in [3.05, 3.63) is 35.8 Å². The van der Waals surface area contributed by atoms with Gasteiger partial charge in [0.15, 0.2) is 0 Å². The van der Waals surface area contributed by atoms with Crippen LogP contribution in [-0.4, -0.2) is 14.8 Å². The van der Waals surface area contributed by atoms with Crippen LogP contribution in [0.25, 0.3) is 0 Å². The van der Waals surface area contributed by atoms with Crippen molar-refractivity contribution in [3.63, 3.8) is 0 Å². The molecule has 4 nitrogen and oxygen atoms in total. The first-order chi connectivity index (χ1) is 7.69. The molecule has 0 atom stereocenters. The van der Waals surface area contributed by atoms with Gasteiger partial charge in [-0.2, -0.15) is 5.10 Å². The summed E-state index contributed by atoms with van der Waals surface area (Å²) in [7, 11) is 1.92. The molecule has 2 aromatic heterocycles. The maximum Gasteiger partial charge on any atom is 0.130 e. The molecule has 2 heterocycles. The van der Waals surface area contributed by atoms with Gasteiger partial charge in [0.2, 0.25) is 0 Å². The number of aromatic nitrogens is 3. The van der Waals surface area contributed by atoms with Crippen molar-refractivity contribution in [2.24, 2.45) is 7.05 Å². The van der Waals surface area contributed by atoms with Crippen LogP contribution in [0.2, 0.25) is 0 Å². The van der Waals surface area contributed by atoms with Crippen molar-refractivity contribution in [1.82, 2.24) is 14.8 Å².